The predicted octanol–water partition coefficient (Wildman–Crippen LogP) is 2.26. The van der Waals surface area contributed by atoms with Crippen molar-refractivity contribution in [2.45, 2.75) is 32.8 Å². The van der Waals surface area contributed by atoms with Gasteiger partial charge in [-0.15, -0.1) is 0 Å². The van der Waals surface area contributed by atoms with Gasteiger partial charge in [0, 0.05) is 44.8 Å². The Morgan fingerprint density at radius 1 is 1.04 bits per heavy atom. The van der Waals surface area contributed by atoms with Crippen LogP contribution in [0.4, 0.5) is 14.9 Å². The van der Waals surface area contributed by atoms with Gasteiger partial charge in [-0.2, -0.15) is 0 Å². The van der Waals surface area contributed by atoms with Gasteiger partial charge < -0.3 is 19.4 Å². The molecule has 2 heterocycles. The monoisotopic (exact) mass is 391 g/mol. The molecule has 1 aromatic rings. The molecule has 0 N–H and O–H groups in total. The SMILES string of the molecule is CC(C)(C)OC(=O)N1CCN(C(=O)[C@@H]2CC(=O)N(c3ccc(F)cc3)C2)CC1. The van der Waals surface area contributed by atoms with Crippen LogP contribution in [0.2, 0.25) is 0 Å². The maximum atomic E-state index is 13.1. The van der Waals surface area contributed by atoms with Gasteiger partial charge in [0.1, 0.15) is 11.4 Å². The minimum atomic E-state index is -0.557. The van der Waals surface area contributed by atoms with E-state index in [0.29, 0.717) is 31.9 Å². The van der Waals surface area contributed by atoms with Crippen LogP contribution in [0.3, 0.4) is 0 Å². The molecule has 0 saturated carbocycles. The van der Waals surface area contributed by atoms with Crippen LogP contribution >= 0.6 is 0 Å². The van der Waals surface area contributed by atoms with E-state index in [0.717, 1.165) is 0 Å². The van der Waals surface area contributed by atoms with E-state index in [1.54, 1.807) is 21.9 Å². The highest BCUT2D eigenvalue weighted by molar-refractivity contribution is 6.00. The molecule has 3 rings (SSSR count). The summed E-state index contributed by atoms with van der Waals surface area (Å²) < 4.78 is 18.5. The zero-order valence-corrected chi connectivity index (χ0v) is 16.5. The van der Waals surface area contributed by atoms with Crippen LogP contribution < -0.4 is 4.90 Å². The summed E-state index contributed by atoms with van der Waals surface area (Å²) in [5.74, 6) is -1.02. The summed E-state index contributed by atoms with van der Waals surface area (Å²) in [6, 6.07) is 5.68. The third-order valence-electron chi connectivity index (χ3n) is 4.86. The summed E-state index contributed by atoms with van der Waals surface area (Å²) in [6.07, 6.45) is -0.235. The first-order valence-electron chi connectivity index (χ1n) is 9.47. The van der Waals surface area contributed by atoms with Gasteiger partial charge in [0.15, 0.2) is 0 Å². The molecule has 2 aliphatic rings. The van der Waals surface area contributed by atoms with E-state index in [9.17, 15) is 18.8 Å². The zero-order valence-electron chi connectivity index (χ0n) is 16.5. The molecule has 3 amide bonds. The Bertz CT molecular complexity index is 752. The molecule has 152 valence electrons. The lowest BCUT2D eigenvalue weighted by molar-refractivity contribution is -0.137. The smallest absolute Gasteiger partial charge is 0.410 e. The van der Waals surface area contributed by atoms with E-state index in [1.807, 2.05) is 20.8 Å². The fourth-order valence-corrected chi connectivity index (χ4v) is 3.44. The second kappa shape index (κ2) is 7.77. The fourth-order valence-electron chi connectivity index (χ4n) is 3.44. The van der Waals surface area contributed by atoms with E-state index < -0.39 is 11.5 Å². The molecule has 2 saturated heterocycles. The molecular weight excluding hydrogens is 365 g/mol. The third kappa shape index (κ3) is 4.61. The average molecular weight is 391 g/mol. The number of amides is 3. The molecule has 2 aliphatic heterocycles. The van der Waals surface area contributed by atoms with Crippen LogP contribution in [0.25, 0.3) is 0 Å². The topological polar surface area (TPSA) is 70.2 Å². The number of ether oxygens (including phenoxy) is 1. The summed E-state index contributed by atoms with van der Waals surface area (Å²) in [7, 11) is 0. The zero-order chi connectivity index (χ0) is 20.5. The highest BCUT2D eigenvalue weighted by Crippen LogP contribution is 2.27. The Labute approximate surface area is 164 Å². The van der Waals surface area contributed by atoms with Crippen molar-refractivity contribution in [2.75, 3.05) is 37.6 Å². The first-order chi connectivity index (χ1) is 13.1. The van der Waals surface area contributed by atoms with Gasteiger partial charge in [-0.25, -0.2) is 9.18 Å². The van der Waals surface area contributed by atoms with Gasteiger partial charge >= 0.3 is 6.09 Å². The van der Waals surface area contributed by atoms with E-state index in [2.05, 4.69) is 0 Å². The molecule has 0 bridgehead atoms. The molecule has 0 spiro atoms. The van der Waals surface area contributed by atoms with Crippen molar-refractivity contribution in [3.05, 3.63) is 30.1 Å². The van der Waals surface area contributed by atoms with Crippen LogP contribution in [0.1, 0.15) is 27.2 Å². The van der Waals surface area contributed by atoms with Crippen molar-refractivity contribution in [3.8, 4) is 0 Å². The number of piperazine rings is 1. The normalized spacial score (nSPS) is 20.5. The Hall–Kier alpha value is -2.64. The van der Waals surface area contributed by atoms with Crippen molar-refractivity contribution < 1.29 is 23.5 Å². The van der Waals surface area contributed by atoms with Crippen LogP contribution in [0, 0.1) is 11.7 Å². The first-order valence-corrected chi connectivity index (χ1v) is 9.47. The molecule has 2 fully saturated rings. The van der Waals surface area contributed by atoms with E-state index in [-0.39, 0.29) is 36.7 Å². The summed E-state index contributed by atoms with van der Waals surface area (Å²) in [6.45, 7) is 7.37. The Balaban J connectivity index is 1.55. The molecule has 1 atom stereocenters. The Morgan fingerprint density at radius 3 is 2.18 bits per heavy atom. The number of benzene rings is 1. The van der Waals surface area contributed by atoms with Crippen molar-refractivity contribution in [2.24, 2.45) is 5.92 Å². The first kappa shape index (κ1) is 20.1. The van der Waals surface area contributed by atoms with Gasteiger partial charge in [-0.3, -0.25) is 9.59 Å². The number of halogens is 1. The summed E-state index contributed by atoms with van der Waals surface area (Å²) in [4.78, 5) is 42.1. The number of hydrogen-bond donors (Lipinski definition) is 0. The van der Waals surface area contributed by atoms with Crippen LogP contribution in [0.5, 0.6) is 0 Å². The van der Waals surface area contributed by atoms with Crippen molar-refractivity contribution >= 4 is 23.6 Å². The van der Waals surface area contributed by atoms with Gasteiger partial charge in [0.05, 0.1) is 5.92 Å². The Kier molecular flexibility index (Phi) is 5.58. The second-order valence-electron chi connectivity index (χ2n) is 8.17. The number of hydrogen-bond acceptors (Lipinski definition) is 4. The minimum Gasteiger partial charge on any atom is -0.444 e. The van der Waals surface area contributed by atoms with Crippen LogP contribution in [-0.4, -0.2) is 66.0 Å². The lowest BCUT2D eigenvalue weighted by atomic mass is 10.1. The number of nitrogens with zero attached hydrogens (tertiary/aromatic N) is 3. The van der Waals surface area contributed by atoms with E-state index in [1.165, 1.54) is 17.0 Å². The van der Waals surface area contributed by atoms with Gasteiger partial charge in [-0.1, -0.05) is 0 Å². The van der Waals surface area contributed by atoms with E-state index in [4.69, 9.17) is 4.74 Å². The van der Waals surface area contributed by atoms with E-state index >= 15 is 0 Å². The number of rotatable bonds is 2. The molecule has 28 heavy (non-hydrogen) atoms. The quantitative estimate of drug-likeness (QED) is 0.775. The molecule has 0 aromatic heterocycles. The Morgan fingerprint density at radius 2 is 1.61 bits per heavy atom. The van der Waals surface area contributed by atoms with Crippen molar-refractivity contribution in [1.29, 1.82) is 0 Å². The second-order valence-corrected chi connectivity index (χ2v) is 8.17. The predicted molar refractivity (Wildman–Crippen MR) is 101 cm³/mol. The third-order valence-corrected chi connectivity index (χ3v) is 4.86. The lowest BCUT2D eigenvalue weighted by Crippen LogP contribution is -2.53. The lowest BCUT2D eigenvalue weighted by Gasteiger charge is -2.36. The van der Waals surface area contributed by atoms with Gasteiger partial charge in [0.25, 0.3) is 0 Å². The highest BCUT2D eigenvalue weighted by Gasteiger charge is 2.38. The van der Waals surface area contributed by atoms with Gasteiger partial charge in [0.2, 0.25) is 11.8 Å². The molecule has 0 radical (unpaired) electrons. The molecule has 8 heteroatoms. The minimum absolute atomic E-state index is 0.0817. The fraction of sp³-hybridized carbons (Fsp3) is 0.550. The van der Waals surface area contributed by atoms with Crippen LogP contribution in [-0.2, 0) is 14.3 Å². The van der Waals surface area contributed by atoms with Crippen molar-refractivity contribution in [1.82, 2.24) is 9.80 Å². The molecular formula is C20H26FN3O4. The maximum Gasteiger partial charge on any atom is 0.410 e. The summed E-state index contributed by atoms with van der Waals surface area (Å²) >= 11 is 0. The standard InChI is InChI=1S/C20H26FN3O4/c1-20(2,3)28-19(27)23-10-8-22(9-11-23)18(26)14-12-17(25)24(13-14)16-6-4-15(21)5-7-16/h4-7,14H,8-13H2,1-3H3/t14-/m1/s1. The number of carbonyl (C=O) groups excluding carboxylic acids is 3. The largest absolute Gasteiger partial charge is 0.444 e. The summed E-state index contributed by atoms with van der Waals surface area (Å²) in [5.41, 5.74) is 0.0364. The average Bonchev–Trinajstić information content (AvgIpc) is 3.02. The number of anilines is 1. The molecule has 7 nitrogen and oxygen atoms in total. The van der Waals surface area contributed by atoms with Crippen LogP contribution in [0.15, 0.2) is 24.3 Å². The molecule has 0 unspecified atom stereocenters. The van der Waals surface area contributed by atoms with Crippen molar-refractivity contribution in [3.63, 3.8) is 0 Å². The molecule has 0 aliphatic carbocycles. The highest BCUT2D eigenvalue weighted by atomic mass is 19.1. The molecule has 1 aromatic carbocycles. The number of carbonyl (C=O) groups is 3. The van der Waals surface area contributed by atoms with Gasteiger partial charge in [-0.05, 0) is 45.0 Å². The summed E-state index contributed by atoms with van der Waals surface area (Å²) in [5, 5.41) is 0. The maximum absolute atomic E-state index is 13.1.